The van der Waals surface area contributed by atoms with E-state index in [9.17, 15) is 0 Å². The number of hydrogen-bond acceptors (Lipinski definition) is 1. The van der Waals surface area contributed by atoms with Gasteiger partial charge in [0.2, 0.25) is 0 Å². The van der Waals surface area contributed by atoms with E-state index in [4.69, 9.17) is 0 Å². The molecule has 3 aliphatic rings. The summed E-state index contributed by atoms with van der Waals surface area (Å²) in [5.74, 6) is 1.12. The molecule has 1 aliphatic carbocycles. The summed E-state index contributed by atoms with van der Waals surface area (Å²) in [6.45, 7) is 1.36. The van der Waals surface area contributed by atoms with E-state index in [1.807, 2.05) is 0 Å². The zero-order chi connectivity index (χ0) is 5.56. The third-order valence-corrected chi connectivity index (χ3v) is 2.72. The third kappa shape index (κ3) is 0.510. The Morgan fingerprint density at radius 3 is 2.38 bits per heavy atom. The van der Waals surface area contributed by atoms with Crippen molar-refractivity contribution in [1.29, 1.82) is 0 Å². The zero-order valence-corrected chi connectivity index (χ0v) is 5.43. The standard InChI is InChI=1S/C7H13N/c1-8-3-2-6-4-7(8)5-6/h6-7H,2-5H2,1H3. The van der Waals surface area contributed by atoms with Crippen LogP contribution in [0.5, 0.6) is 0 Å². The Bertz CT molecular complexity index is 89.1. The van der Waals surface area contributed by atoms with Crippen molar-refractivity contribution in [3.05, 3.63) is 0 Å². The van der Waals surface area contributed by atoms with Gasteiger partial charge in [0.1, 0.15) is 0 Å². The molecule has 1 heteroatoms. The van der Waals surface area contributed by atoms with Gasteiger partial charge in [-0.3, -0.25) is 0 Å². The Hall–Kier alpha value is -0.0400. The molecule has 2 bridgehead atoms. The summed E-state index contributed by atoms with van der Waals surface area (Å²) in [6.07, 6.45) is 4.46. The van der Waals surface area contributed by atoms with Gasteiger partial charge in [-0.1, -0.05) is 0 Å². The van der Waals surface area contributed by atoms with Crippen LogP contribution in [-0.4, -0.2) is 24.5 Å². The van der Waals surface area contributed by atoms with Crippen LogP contribution >= 0.6 is 0 Å². The molecule has 0 aromatic rings. The average molecular weight is 111 g/mol. The minimum Gasteiger partial charge on any atom is -0.303 e. The number of fused-ring (bicyclic) bond motifs is 2. The van der Waals surface area contributed by atoms with Crippen LogP contribution in [0, 0.1) is 5.92 Å². The van der Waals surface area contributed by atoms with Crippen molar-refractivity contribution in [1.82, 2.24) is 4.90 Å². The molecule has 0 radical (unpaired) electrons. The van der Waals surface area contributed by atoms with Gasteiger partial charge in [-0.15, -0.1) is 0 Å². The topological polar surface area (TPSA) is 3.24 Å². The van der Waals surface area contributed by atoms with Gasteiger partial charge < -0.3 is 4.90 Å². The van der Waals surface area contributed by atoms with Gasteiger partial charge in [0, 0.05) is 6.04 Å². The lowest BCUT2D eigenvalue weighted by Gasteiger charge is -2.47. The summed E-state index contributed by atoms with van der Waals surface area (Å²) in [7, 11) is 2.25. The Labute approximate surface area is 50.7 Å². The fourth-order valence-electron chi connectivity index (χ4n) is 1.86. The number of nitrogens with zero attached hydrogens (tertiary/aromatic N) is 1. The van der Waals surface area contributed by atoms with E-state index in [-0.39, 0.29) is 0 Å². The van der Waals surface area contributed by atoms with Crippen molar-refractivity contribution in [2.45, 2.75) is 25.3 Å². The molecule has 0 spiro atoms. The average Bonchev–Trinajstić information content (AvgIpc) is 1.62. The molecule has 2 saturated heterocycles. The second-order valence-corrected chi connectivity index (χ2v) is 3.26. The van der Waals surface area contributed by atoms with Crippen LogP contribution in [0.15, 0.2) is 0 Å². The van der Waals surface area contributed by atoms with Gasteiger partial charge in [0.25, 0.3) is 0 Å². The second kappa shape index (κ2) is 1.47. The van der Waals surface area contributed by atoms with Gasteiger partial charge in [-0.05, 0) is 38.8 Å². The van der Waals surface area contributed by atoms with Crippen LogP contribution < -0.4 is 0 Å². The Morgan fingerprint density at radius 2 is 2.12 bits per heavy atom. The molecule has 0 N–H and O–H groups in total. The molecular formula is C7H13N. The Balaban J connectivity index is 2.01. The summed E-state index contributed by atoms with van der Waals surface area (Å²) in [5.41, 5.74) is 0. The molecule has 3 fully saturated rings. The van der Waals surface area contributed by atoms with Crippen molar-refractivity contribution in [3.63, 3.8) is 0 Å². The molecule has 0 amide bonds. The molecule has 0 unspecified atom stereocenters. The maximum Gasteiger partial charge on any atom is 0.00975 e. The van der Waals surface area contributed by atoms with Crippen molar-refractivity contribution in [2.75, 3.05) is 13.6 Å². The highest BCUT2D eigenvalue weighted by atomic mass is 15.2. The third-order valence-electron chi connectivity index (χ3n) is 2.72. The predicted molar refractivity (Wildman–Crippen MR) is 33.8 cm³/mol. The molecule has 0 aromatic heterocycles. The monoisotopic (exact) mass is 111 g/mol. The van der Waals surface area contributed by atoms with Crippen LogP contribution in [0.1, 0.15) is 19.3 Å². The second-order valence-electron chi connectivity index (χ2n) is 3.26. The maximum absolute atomic E-state index is 2.50. The molecule has 0 atom stereocenters. The van der Waals surface area contributed by atoms with Crippen molar-refractivity contribution in [3.8, 4) is 0 Å². The van der Waals surface area contributed by atoms with Crippen LogP contribution in [0.2, 0.25) is 0 Å². The Morgan fingerprint density at radius 1 is 1.38 bits per heavy atom. The van der Waals surface area contributed by atoms with Crippen LogP contribution in [0.25, 0.3) is 0 Å². The highest BCUT2D eigenvalue weighted by molar-refractivity contribution is 4.90. The number of rotatable bonds is 0. The molecule has 8 heavy (non-hydrogen) atoms. The predicted octanol–water partition coefficient (Wildman–Crippen LogP) is 1.10. The molecule has 1 saturated carbocycles. The van der Waals surface area contributed by atoms with E-state index in [1.165, 1.54) is 25.8 Å². The Kier molecular flexibility index (Phi) is 0.884. The van der Waals surface area contributed by atoms with Crippen molar-refractivity contribution < 1.29 is 0 Å². The fourth-order valence-corrected chi connectivity index (χ4v) is 1.86. The summed E-state index contributed by atoms with van der Waals surface area (Å²) in [5, 5.41) is 0. The van der Waals surface area contributed by atoms with Crippen LogP contribution in [0.3, 0.4) is 0 Å². The SMILES string of the molecule is CN1CCC2CC1C2. The maximum atomic E-state index is 2.50. The van der Waals surface area contributed by atoms with E-state index in [2.05, 4.69) is 11.9 Å². The van der Waals surface area contributed by atoms with Gasteiger partial charge >= 0.3 is 0 Å². The molecule has 1 nitrogen and oxygen atoms in total. The molecule has 0 aromatic carbocycles. The first-order chi connectivity index (χ1) is 3.86. The first kappa shape index (κ1) is 4.80. The first-order valence-electron chi connectivity index (χ1n) is 3.56. The first-order valence-corrected chi connectivity index (χ1v) is 3.56. The lowest BCUT2D eigenvalue weighted by molar-refractivity contribution is 0.0349. The highest BCUT2D eigenvalue weighted by Gasteiger charge is 2.35. The van der Waals surface area contributed by atoms with E-state index < -0.39 is 0 Å². The molecule has 2 heterocycles. The van der Waals surface area contributed by atoms with Crippen molar-refractivity contribution >= 4 is 0 Å². The van der Waals surface area contributed by atoms with Crippen molar-refractivity contribution in [2.24, 2.45) is 5.92 Å². The minimum absolute atomic E-state index is 0.980. The molecule has 2 aliphatic heterocycles. The number of hydrogen-bond donors (Lipinski definition) is 0. The van der Waals surface area contributed by atoms with E-state index in [0.717, 1.165) is 12.0 Å². The lowest BCUT2D eigenvalue weighted by Crippen LogP contribution is -2.49. The minimum atomic E-state index is 0.980. The molecule has 3 rings (SSSR count). The van der Waals surface area contributed by atoms with E-state index in [1.54, 1.807) is 0 Å². The van der Waals surface area contributed by atoms with Crippen LogP contribution in [-0.2, 0) is 0 Å². The normalized spacial score (nSPS) is 46.1. The highest BCUT2D eigenvalue weighted by Crippen LogP contribution is 2.38. The van der Waals surface area contributed by atoms with Gasteiger partial charge in [-0.2, -0.15) is 0 Å². The van der Waals surface area contributed by atoms with E-state index in [0.29, 0.717) is 0 Å². The fraction of sp³-hybridized carbons (Fsp3) is 1.00. The van der Waals surface area contributed by atoms with E-state index >= 15 is 0 Å². The smallest absolute Gasteiger partial charge is 0.00975 e. The molecular weight excluding hydrogens is 98.1 g/mol. The van der Waals surface area contributed by atoms with Gasteiger partial charge in [-0.25, -0.2) is 0 Å². The lowest BCUT2D eigenvalue weighted by atomic mass is 9.74. The summed E-state index contributed by atoms with van der Waals surface area (Å²) >= 11 is 0. The summed E-state index contributed by atoms with van der Waals surface area (Å²) in [6, 6.07) is 0.980. The number of piperidine rings is 2. The largest absolute Gasteiger partial charge is 0.303 e. The quantitative estimate of drug-likeness (QED) is 0.452. The molecule has 46 valence electrons. The summed E-state index contributed by atoms with van der Waals surface area (Å²) < 4.78 is 0. The van der Waals surface area contributed by atoms with Gasteiger partial charge in [0.15, 0.2) is 0 Å². The summed E-state index contributed by atoms with van der Waals surface area (Å²) in [4.78, 5) is 2.50. The zero-order valence-electron chi connectivity index (χ0n) is 5.43. The van der Waals surface area contributed by atoms with Crippen LogP contribution in [0.4, 0.5) is 0 Å². The van der Waals surface area contributed by atoms with Gasteiger partial charge in [0.05, 0.1) is 0 Å².